The fourth-order valence-corrected chi connectivity index (χ4v) is 2.69. The number of alkyl halides is 1. The van der Waals surface area contributed by atoms with Gasteiger partial charge in [-0.05, 0) is 22.9 Å². The maximum absolute atomic E-state index is 14.2. The van der Waals surface area contributed by atoms with Gasteiger partial charge in [0.25, 0.3) is 5.88 Å². The summed E-state index contributed by atoms with van der Waals surface area (Å²) < 4.78 is 21.7. The van der Waals surface area contributed by atoms with Gasteiger partial charge in [0.2, 0.25) is 5.95 Å². The zero-order valence-electron chi connectivity index (χ0n) is 11.5. The molecule has 3 aromatic rings. The van der Waals surface area contributed by atoms with Crippen LogP contribution >= 0.6 is 15.9 Å². The molecule has 1 aliphatic heterocycles. The molecule has 1 atom stereocenters. The van der Waals surface area contributed by atoms with E-state index >= 15 is 0 Å². The molecule has 2 N–H and O–H groups in total. The van der Waals surface area contributed by atoms with Crippen LogP contribution in [0.15, 0.2) is 10.8 Å². The molecule has 1 aliphatic rings. The summed E-state index contributed by atoms with van der Waals surface area (Å²) in [6.45, 7) is 1.77. The third-order valence-electron chi connectivity index (χ3n) is 3.37. The first-order valence-electron chi connectivity index (χ1n) is 6.59. The molecule has 0 radical (unpaired) electrons. The van der Waals surface area contributed by atoms with Crippen LogP contribution in [0, 0.1) is 6.92 Å². The Labute approximate surface area is 132 Å². The SMILES string of the molecule is Cc1nn2c3nc(ncc13)Nc1c(n[nH]c1Br)OCC(F)C2. The third kappa shape index (κ3) is 2.10. The highest BCUT2D eigenvalue weighted by atomic mass is 79.9. The molecule has 10 heteroatoms. The molecule has 2 bridgehead atoms. The summed E-state index contributed by atoms with van der Waals surface area (Å²) in [5.74, 6) is 0.617. The summed E-state index contributed by atoms with van der Waals surface area (Å²) in [7, 11) is 0. The highest BCUT2D eigenvalue weighted by Crippen LogP contribution is 2.32. The smallest absolute Gasteiger partial charge is 0.258 e. The lowest BCUT2D eigenvalue weighted by Gasteiger charge is -2.09. The molecule has 1 unspecified atom stereocenters. The first-order valence-corrected chi connectivity index (χ1v) is 7.39. The lowest BCUT2D eigenvalue weighted by atomic mass is 10.3. The second-order valence-corrected chi connectivity index (χ2v) is 5.74. The summed E-state index contributed by atoms with van der Waals surface area (Å²) in [6, 6.07) is 0. The van der Waals surface area contributed by atoms with E-state index in [0.717, 1.165) is 11.1 Å². The van der Waals surface area contributed by atoms with Crippen molar-refractivity contribution in [3.63, 3.8) is 0 Å². The van der Waals surface area contributed by atoms with E-state index in [0.29, 0.717) is 21.9 Å². The molecular weight excluding hydrogens is 357 g/mol. The summed E-state index contributed by atoms with van der Waals surface area (Å²) >= 11 is 3.32. The van der Waals surface area contributed by atoms with Gasteiger partial charge in [-0.25, -0.2) is 14.1 Å². The monoisotopic (exact) mass is 367 g/mol. The molecule has 0 saturated heterocycles. The highest BCUT2D eigenvalue weighted by Gasteiger charge is 2.21. The molecule has 0 saturated carbocycles. The number of ether oxygens (including phenoxy) is 1. The fourth-order valence-electron chi connectivity index (χ4n) is 2.33. The number of H-pyrrole nitrogens is 1. The van der Waals surface area contributed by atoms with Crippen LogP contribution in [0.3, 0.4) is 0 Å². The molecule has 0 aliphatic carbocycles. The maximum Gasteiger partial charge on any atom is 0.258 e. The zero-order valence-corrected chi connectivity index (χ0v) is 13.1. The lowest BCUT2D eigenvalue weighted by Crippen LogP contribution is -2.20. The van der Waals surface area contributed by atoms with Gasteiger partial charge < -0.3 is 10.1 Å². The van der Waals surface area contributed by atoms with Crippen LogP contribution in [0.2, 0.25) is 0 Å². The van der Waals surface area contributed by atoms with E-state index in [1.807, 2.05) is 6.92 Å². The van der Waals surface area contributed by atoms with Crippen LogP contribution in [0.4, 0.5) is 16.0 Å². The van der Waals surface area contributed by atoms with Crippen molar-refractivity contribution < 1.29 is 9.13 Å². The first-order chi connectivity index (χ1) is 10.6. The number of fused-ring (bicyclic) bond motifs is 2. The van der Waals surface area contributed by atoms with E-state index in [-0.39, 0.29) is 19.0 Å². The molecule has 114 valence electrons. The third-order valence-corrected chi connectivity index (χ3v) is 3.95. The summed E-state index contributed by atoms with van der Waals surface area (Å²) in [6.07, 6.45) is 0.436. The predicted octanol–water partition coefficient (Wildman–Crippen LogP) is 2.09. The van der Waals surface area contributed by atoms with Crippen LogP contribution in [0.25, 0.3) is 11.0 Å². The predicted molar refractivity (Wildman–Crippen MR) is 80.0 cm³/mol. The summed E-state index contributed by atoms with van der Waals surface area (Å²) in [4.78, 5) is 8.69. The average molecular weight is 368 g/mol. The maximum atomic E-state index is 14.2. The van der Waals surface area contributed by atoms with Gasteiger partial charge in [0.1, 0.15) is 16.9 Å². The normalized spacial score (nSPS) is 17.7. The second-order valence-electron chi connectivity index (χ2n) is 4.95. The van der Waals surface area contributed by atoms with Gasteiger partial charge >= 0.3 is 0 Å². The van der Waals surface area contributed by atoms with Crippen molar-refractivity contribution in [1.29, 1.82) is 0 Å². The molecule has 0 aromatic carbocycles. The molecule has 4 rings (SSSR count). The Morgan fingerprint density at radius 2 is 2.36 bits per heavy atom. The van der Waals surface area contributed by atoms with Crippen molar-refractivity contribution >= 4 is 38.6 Å². The number of nitrogens with one attached hydrogen (secondary N) is 2. The Kier molecular flexibility index (Phi) is 2.99. The van der Waals surface area contributed by atoms with Crippen LogP contribution in [-0.4, -0.2) is 42.7 Å². The van der Waals surface area contributed by atoms with Crippen molar-refractivity contribution in [3.8, 4) is 5.88 Å². The van der Waals surface area contributed by atoms with Crippen molar-refractivity contribution in [2.24, 2.45) is 0 Å². The quantitative estimate of drug-likeness (QED) is 0.631. The Morgan fingerprint density at radius 1 is 1.50 bits per heavy atom. The average Bonchev–Trinajstić information content (AvgIpc) is 2.98. The Morgan fingerprint density at radius 3 is 3.23 bits per heavy atom. The number of nitrogens with zero attached hydrogens (tertiary/aromatic N) is 5. The van der Waals surface area contributed by atoms with Crippen molar-refractivity contribution in [1.82, 2.24) is 29.9 Å². The number of rotatable bonds is 0. The lowest BCUT2D eigenvalue weighted by molar-refractivity contribution is 0.172. The van der Waals surface area contributed by atoms with Gasteiger partial charge in [-0.2, -0.15) is 10.1 Å². The van der Waals surface area contributed by atoms with Gasteiger partial charge in [-0.1, -0.05) is 0 Å². The van der Waals surface area contributed by atoms with Crippen molar-refractivity contribution in [2.45, 2.75) is 19.6 Å². The minimum absolute atomic E-state index is 0.0573. The van der Waals surface area contributed by atoms with E-state index < -0.39 is 6.17 Å². The van der Waals surface area contributed by atoms with E-state index in [1.54, 1.807) is 6.20 Å². The molecule has 0 amide bonds. The Hall–Kier alpha value is -2.23. The van der Waals surface area contributed by atoms with E-state index in [2.05, 4.69) is 46.5 Å². The molecule has 0 fully saturated rings. The van der Waals surface area contributed by atoms with Gasteiger partial charge in [-0.15, -0.1) is 5.10 Å². The van der Waals surface area contributed by atoms with Crippen LogP contribution in [0.1, 0.15) is 5.69 Å². The number of hydrogen-bond donors (Lipinski definition) is 2. The minimum Gasteiger partial charge on any atom is -0.472 e. The number of aryl methyl sites for hydroxylation is 1. The van der Waals surface area contributed by atoms with E-state index in [4.69, 9.17) is 4.74 Å². The number of hydrogen-bond acceptors (Lipinski definition) is 6. The summed E-state index contributed by atoms with van der Waals surface area (Å²) in [5, 5.41) is 14.8. The summed E-state index contributed by atoms with van der Waals surface area (Å²) in [5.41, 5.74) is 1.87. The zero-order chi connectivity index (χ0) is 15.3. The molecule has 8 nitrogen and oxygen atoms in total. The van der Waals surface area contributed by atoms with Crippen LogP contribution in [0.5, 0.6) is 5.88 Å². The molecule has 4 heterocycles. The van der Waals surface area contributed by atoms with Crippen LogP contribution < -0.4 is 10.1 Å². The Bertz CT molecular complexity index is 861. The van der Waals surface area contributed by atoms with E-state index in [1.165, 1.54) is 4.68 Å². The van der Waals surface area contributed by atoms with Crippen LogP contribution in [-0.2, 0) is 6.54 Å². The second kappa shape index (κ2) is 4.90. The molecular formula is C12H11BrFN7O. The standard InChI is InChI=1S/C12H11BrFN7O/c1-5-7-2-15-12-16-8-9(13)18-19-11(8)22-4-6(14)3-21(20-5)10(7)17-12/h2,6H,3-4H2,1H3,(H,18,19)(H,15,16,17). The molecule has 22 heavy (non-hydrogen) atoms. The largest absolute Gasteiger partial charge is 0.472 e. The Balaban J connectivity index is 1.90. The van der Waals surface area contributed by atoms with Gasteiger partial charge in [-0.3, -0.25) is 5.10 Å². The number of aromatic nitrogens is 6. The van der Waals surface area contributed by atoms with Gasteiger partial charge in [0.05, 0.1) is 17.6 Å². The molecule has 0 spiro atoms. The van der Waals surface area contributed by atoms with E-state index in [9.17, 15) is 4.39 Å². The number of halogens is 2. The molecule has 3 aromatic heterocycles. The fraction of sp³-hybridized carbons (Fsp3) is 0.333. The van der Waals surface area contributed by atoms with Gasteiger partial charge in [0.15, 0.2) is 11.8 Å². The first kappa shape index (κ1) is 13.4. The number of anilines is 2. The van der Waals surface area contributed by atoms with Crippen molar-refractivity contribution in [3.05, 3.63) is 16.5 Å². The van der Waals surface area contributed by atoms with Gasteiger partial charge in [0, 0.05) is 6.20 Å². The highest BCUT2D eigenvalue weighted by molar-refractivity contribution is 9.10. The van der Waals surface area contributed by atoms with Crippen molar-refractivity contribution in [2.75, 3.05) is 11.9 Å². The minimum atomic E-state index is -1.23. The topological polar surface area (TPSA) is 93.5 Å². The number of aromatic amines is 1.